The summed E-state index contributed by atoms with van der Waals surface area (Å²) in [6.45, 7) is 0.375. The highest BCUT2D eigenvalue weighted by atomic mass is 35.5. The van der Waals surface area contributed by atoms with Gasteiger partial charge in [-0.1, -0.05) is 16.8 Å². The van der Waals surface area contributed by atoms with Crippen LogP contribution in [0.15, 0.2) is 18.2 Å². The molecule has 7 heteroatoms. The third-order valence-corrected chi connectivity index (χ3v) is 5.81. The highest BCUT2D eigenvalue weighted by molar-refractivity contribution is 7.92. The Morgan fingerprint density at radius 3 is 3.00 bits per heavy atom. The van der Waals surface area contributed by atoms with E-state index in [1.54, 1.807) is 16.8 Å². The largest absolute Gasteiger partial charge is 0.243 e. The molecule has 1 aliphatic heterocycles. The first-order chi connectivity index (χ1) is 8.56. The van der Waals surface area contributed by atoms with Crippen molar-refractivity contribution >= 4 is 32.5 Å². The number of halogens is 1. The lowest BCUT2D eigenvalue weighted by Gasteiger charge is -2.09. The van der Waals surface area contributed by atoms with Gasteiger partial charge < -0.3 is 0 Å². The predicted molar refractivity (Wildman–Crippen MR) is 69.3 cm³/mol. The molecule has 0 N–H and O–H groups in total. The summed E-state index contributed by atoms with van der Waals surface area (Å²) in [6.07, 6.45) is 1.45. The lowest BCUT2D eigenvalue weighted by atomic mass is 10.2. The van der Waals surface area contributed by atoms with Gasteiger partial charge >= 0.3 is 0 Å². The number of hydrogen-bond acceptors (Lipinski definition) is 4. The van der Waals surface area contributed by atoms with Gasteiger partial charge in [0.15, 0.2) is 9.84 Å². The van der Waals surface area contributed by atoms with Crippen molar-refractivity contribution in [2.45, 2.75) is 24.6 Å². The zero-order valence-corrected chi connectivity index (χ0v) is 11.2. The van der Waals surface area contributed by atoms with E-state index in [4.69, 9.17) is 11.6 Å². The highest BCUT2D eigenvalue weighted by Gasteiger charge is 2.32. The summed E-state index contributed by atoms with van der Waals surface area (Å²) in [5, 5.41) is 8.28. The van der Waals surface area contributed by atoms with Crippen LogP contribution in [-0.4, -0.2) is 34.4 Å². The van der Waals surface area contributed by atoms with Crippen molar-refractivity contribution in [3.05, 3.63) is 23.2 Å². The van der Waals surface area contributed by atoms with E-state index in [0.29, 0.717) is 23.5 Å². The van der Waals surface area contributed by atoms with Gasteiger partial charge in [0.2, 0.25) is 0 Å². The number of rotatable bonds is 2. The normalized spacial score (nSPS) is 22.6. The molecule has 2 heterocycles. The Bertz CT molecular complexity index is 695. The fraction of sp³-hybridized carbons (Fsp3) is 0.455. The lowest BCUT2D eigenvalue weighted by Crippen LogP contribution is -2.22. The average Bonchev–Trinajstić information content (AvgIpc) is 2.84. The first kappa shape index (κ1) is 11.9. The minimum absolute atomic E-state index is 0.288. The Balaban J connectivity index is 1.96. The van der Waals surface area contributed by atoms with Gasteiger partial charge in [-0.05, 0) is 31.0 Å². The minimum atomic E-state index is -2.95. The van der Waals surface area contributed by atoms with Crippen molar-refractivity contribution in [3.8, 4) is 0 Å². The number of sulfone groups is 1. The van der Waals surface area contributed by atoms with Crippen molar-refractivity contribution in [3.63, 3.8) is 0 Å². The molecule has 1 aromatic carbocycles. The number of hydrogen-bond donors (Lipinski definition) is 0. The molecule has 3 rings (SSSR count). The third-order valence-electron chi connectivity index (χ3n) is 3.32. The van der Waals surface area contributed by atoms with Crippen LogP contribution >= 0.6 is 11.6 Å². The second-order valence-corrected chi connectivity index (χ2v) is 7.37. The molecule has 0 saturated carbocycles. The second-order valence-electron chi connectivity index (χ2n) is 4.54. The van der Waals surface area contributed by atoms with Gasteiger partial charge in [0, 0.05) is 5.02 Å². The van der Waals surface area contributed by atoms with Gasteiger partial charge in [-0.3, -0.25) is 0 Å². The average molecular weight is 286 g/mol. The van der Waals surface area contributed by atoms with Crippen molar-refractivity contribution < 1.29 is 8.42 Å². The molecule has 1 atom stereocenters. The van der Waals surface area contributed by atoms with Crippen LogP contribution in [0.2, 0.25) is 5.02 Å². The summed E-state index contributed by atoms with van der Waals surface area (Å²) in [7, 11) is -2.95. The highest BCUT2D eigenvalue weighted by Crippen LogP contribution is 2.23. The molecule has 1 aliphatic rings. The summed E-state index contributed by atoms with van der Waals surface area (Å²) < 4.78 is 25.2. The third kappa shape index (κ3) is 1.99. The van der Waals surface area contributed by atoms with E-state index >= 15 is 0 Å². The topological polar surface area (TPSA) is 64.8 Å². The monoisotopic (exact) mass is 285 g/mol. The van der Waals surface area contributed by atoms with E-state index in [0.717, 1.165) is 11.9 Å². The first-order valence-corrected chi connectivity index (χ1v) is 7.86. The minimum Gasteiger partial charge on any atom is -0.243 e. The van der Waals surface area contributed by atoms with Crippen molar-refractivity contribution in [1.29, 1.82) is 0 Å². The van der Waals surface area contributed by atoms with Gasteiger partial charge in [0.05, 0.1) is 23.1 Å². The van der Waals surface area contributed by atoms with Gasteiger partial charge in [-0.2, -0.15) is 0 Å². The Morgan fingerprint density at radius 2 is 2.28 bits per heavy atom. The standard InChI is InChI=1S/C11H12ClN3O2S/c12-8-3-4-11-10(6-8)13-14-15(11)7-9-2-1-5-18(9,16)17/h3-4,6,9H,1-2,5,7H2. The van der Waals surface area contributed by atoms with Crippen LogP contribution in [0.4, 0.5) is 0 Å². The van der Waals surface area contributed by atoms with E-state index in [1.165, 1.54) is 0 Å². The van der Waals surface area contributed by atoms with Crippen LogP contribution in [-0.2, 0) is 16.4 Å². The first-order valence-electron chi connectivity index (χ1n) is 5.76. The maximum absolute atomic E-state index is 11.8. The summed E-state index contributed by atoms with van der Waals surface area (Å²) in [5.74, 6) is 0.288. The zero-order chi connectivity index (χ0) is 12.8. The molecule has 1 saturated heterocycles. The maximum Gasteiger partial charge on any atom is 0.154 e. The zero-order valence-electron chi connectivity index (χ0n) is 9.58. The van der Waals surface area contributed by atoms with Crippen LogP contribution < -0.4 is 0 Å². The smallest absolute Gasteiger partial charge is 0.154 e. The molecule has 0 radical (unpaired) electrons. The van der Waals surface area contributed by atoms with Gasteiger partial charge in [0.25, 0.3) is 0 Å². The quantitative estimate of drug-likeness (QED) is 0.842. The Kier molecular flexibility index (Phi) is 2.79. The Morgan fingerprint density at radius 1 is 1.44 bits per heavy atom. The summed E-state index contributed by atoms with van der Waals surface area (Å²) in [5.41, 5.74) is 1.51. The SMILES string of the molecule is O=S1(=O)CCCC1Cn1nnc2cc(Cl)ccc21. The Hall–Kier alpha value is -1.14. The number of fused-ring (bicyclic) bond motifs is 1. The lowest BCUT2D eigenvalue weighted by molar-refractivity contribution is 0.540. The van der Waals surface area contributed by atoms with E-state index < -0.39 is 9.84 Å². The molecular weight excluding hydrogens is 274 g/mol. The van der Waals surface area contributed by atoms with Crippen LogP contribution in [0.3, 0.4) is 0 Å². The molecule has 5 nitrogen and oxygen atoms in total. The van der Waals surface area contributed by atoms with Crippen molar-refractivity contribution in [2.24, 2.45) is 0 Å². The molecule has 2 aromatic rings. The van der Waals surface area contributed by atoms with Gasteiger partial charge in [-0.25, -0.2) is 13.1 Å². The fourth-order valence-corrected chi connectivity index (χ4v) is 4.30. The molecular formula is C11H12ClN3O2S. The van der Waals surface area contributed by atoms with Crippen LogP contribution in [0.25, 0.3) is 11.0 Å². The van der Waals surface area contributed by atoms with Crippen LogP contribution in [0.1, 0.15) is 12.8 Å². The van der Waals surface area contributed by atoms with Crippen LogP contribution in [0, 0.1) is 0 Å². The van der Waals surface area contributed by atoms with Gasteiger partial charge in [-0.15, -0.1) is 5.10 Å². The molecule has 1 unspecified atom stereocenters. The van der Waals surface area contributed by atoms with Gasteiger partial charge in [0.1, 0.15) is 5.52 Å². The molecule has 1 fully saturated rings. The number of benzene rings is 1. The van der Waals surface area contributed by atoms with E-state index in [1.807, 2.05) is 6.07 Å². The number of aromatic nitrogens is 3. The molecule has 0 spiro atoms. The fourth-order valence-electron chi connectivity index (χ4n) is 2.34. The summed E-state index contributed by atoms with van der Waals surface area (Å²) in [6, 6.07) is 5.30. The Labute approximate surface area is 110 Å². The van der Waals surface area contributed by atoms with E-state index in [9.17, 15) is 8.42 Å². The van der Waals surface area contributed by atoms with E-state index in [-0.39, 0.29) is 11.0 Å². The second kappa shape index (κ2) is 4.20. The molecule has 0 amide bonds. The molecule has 1 aromatic heterocycles. The summed E-state index contributed by atoms with van der Waals surface area (Å²) >= 11 is 5.87. The number of nitrogens with zero attached hydrogens (tertiary/aromatic N) is 3. The maximum atomic E-state index is 11.8. The molecule has 96 valence electrons. The summed E-state index contributed by atoms with van der Waals surface area (Å²) in [4.78, 5) is 0. The predicted octanol–water partition coefficient (Wildman–Crippen LogP) is 1.66. The molecule has 0 bridgehead atoms. The van der Waals surface area contributed by atoms with E-state index in [2.05, 4.69) is 10.3 Å². The van der Waals surface area contributed by atoms with Crippen molar-refractivity contribution in [1.82, 2.24) is 15.0 Å². The van der Waals surface area contributed by atoms with Crippen molar-refractivity contribution in [2.75, 3.05) is 5.75 Å². The van der Waals surface area contributed by atoms with Crippen LogP contribution in [0.5, 0.6) is 0 Å². The molecule has 0 aliphatic carbocycles. The molecule has 18 heavy (non-hydrogen) atoms.